The van der Waals surface area contributed by atoms with Crippen LogP contribution in [0.15, 0.2) is 36.4 Å². The van der Waals surface area contributed by atoms with Crippen molar-refractivity contribution in [2.45, 2.75) is 56.7 Å². The second kappa shape index (κ2) is 10.7. The highest BCUT2D eigenvalue weighted by molar-refractivity contribution is 6.30. The van der Waals surface area contributed by atoms with E-state index in [1.165, 1.54) is 12.1 Å². The fourth-order valence-corrected chi connectivity index (χ4v) is 4.70. The van der Waals surface area contributed by atoms with E-state index in [9.17, 15) is 18.7 Å². The molecule has 0 radical (unpaired) electrons. The number of carboxylic acids is 1. The molecule has 1 aromatic carbocycles. The van der Waals surface area contributed by atoms with Crippen LogP contribution in [0.4, 0.5) is 8.78 Å². The first-order valence-corrected chi connectivity index (χ1v) is 11.1. The Bertz CT molecular complexity index is 772. The molecular weight excluding hydrogens is 430 g/mol. The number of hydrogen-bond acceptors (Lipinski definition) is 4. The van der Waals surface area contributed by atoms with Gasteiger partial charge in [-0.05, 0) is 61.8 Å². The molecule has 172 valence electrons. The molecule has 1 saturated heterocycles. The molecule has 1 aliphatic heterocycles. The SMILES string of the molecule is O=C(O)CCC[C@H]1CC[C@@H]2[C@@H](/C=C/C(F)(F)COc3cccc(Cl)c3)[C@H](O)C[C@@H]2OC1. The lowest BCUT2D eigenvalue weighted by Crippen LogP contribution is -2.25. The summed E-state index contributed by atoms with van der Waals surface area (Å²) in [6.07, 6.45) is 4.88. The van der Waals surface area contributed by atoms with Gasteiger partial charge in [0.2, 0.25) is 0 Å². The van der Waals surface area contributed by atoms with Crippen LogP contribution in [0, 0.1) is 17.8 Å². The van der Waals surface area contributed by atoms with Crippen molar-refractivity contribution in [3.63, 3.8) is 0 Å². The van der Waals surface area contributed by atoms with Crippen LogP contribution < -0.4 is 4.74 Å². The Labute approximate surface area is 186 Å². The Hall–Kier alpha value is -1.70. The zero-order valence-corrected chi connectivity index (χ0v) is 18.0. The lowest BCUT2D eigenvalue weighted by molar-refractivity contribution is -0.137. The van der Waals surface area contributed by atoms with Crippen molar-refractivity contribution in [3.8, 4) is 5.75 Å². The molecule has 31 heavy (non-hydrogen) atoms. The van der Waals surface area contributed by atoms with Crippen molar-refractivity contribution in [1.29, 1.82) is 0 Å². The third-order valence-electron chi connectivity index (χ3n) is 6.14. The standard InChI is InChI=1S/C23H29ClF2O5/c24-16-4-2-5-17(11-16)31-14-23(25,26)10-9-18-19-8-7-15(3-1-6-22(28)29)13-30-21(19)12-20(18)27/h2,4-5,9-11,15,18-21,27H,1,3,6-8,12-14H2,(H,28,29)/b10-9+/t15-,18+,19+,20+,21-/m0/s1. The van der Waals surface area contributed by atoms with Gasteiger partial charge in [0, 0.05) is 30.4 Å². The zero-order valence-electron chi connectivity index (χ0n) is 17.3. The van der Waals surface area contributed by atoms with Crippen LogP contribution in [0.5, 0.6) is 5.75 Å². The number of carbonyl (C=O) groups is 1. The summed E-state index contributed by atoms with van der Waals surface area (Å²) < 4.78 is 39.9. The van der Waals surface area contributed by atoms with E-state index in [1.807, 2.05) is 0 Å². The Morgan fingerprint density at radius 3 is 2.90 bits per heavy atom. The summed E-state index contributed by atoms with van der Waals surface area (Å²) in [5.41, 5.74) is 0. The van der Waals surface area contributed by atoms with Crippen molar-refractivity contribution in [3.05, 3.63) is 41.4 Å². The normalized spacial score (nSPS) is 29.0. The minimum absolute atomic E-state index is 0.0274. The van der Waals surface area contributed by atoms with Crippen molar-refractivity contribution in [2.24, 2.45) is 17.8 Å². The number of aliphatic hydroxyl groups is 1. The number of alkyl halides is 2. The zero-order chi connectivity index (χ0) is 22.4. The molecule has 1 aromatic rings. The molecule has 5 atom stereocenters. The van der Waals surface area contributed by atoms with E-state index in [4.69, 9.17) is 26.2 Å². The van der Waals surface area contributed by atoms with Gasteiger partial charge in [0.15, 0.2) is 6.61 Å². The fraction of sp³-hybridized carbons (Fsp3) is 0.609. The van der Waals surface area contributed by atoms with Crippen LogP contribution in [0.2, 0.25) is 5.02 Å². The molecule has 2 aliphatic rings. The molecule has 2 fully saturated rings. The summed E-state index contributed by atoms with van der Waals surface area (Å²) in [6.45, 7) is -0.295. The van der Waals surface area contributed by atoms with Crippen molar-refractivity contribution >= 4 is 17.6 Å². The Kier molecular flexibility index (Phi) is 8.30. The molecule has 0 spiro atoms. The Morgan fingerprint density at radius 1 is 1.35 bits per heavy atom. The van der Waals surface area contributed by atoms with Gasteiger partial charge < -0.3 is 19.7 Å². The quantitative estimate of drug-likeness (QED) is 0.512. The highest BCUT2D eigenvalue weighted by atomic mass is 35.5. The topological polar surface area (TPSA) is 76.0 Å². The molecule has 3 rings (SSSR count). The number of fused-ring (bicyclic) bond motifs is 1. The average molecular weight is 459 g/mol. The van der Waals surface area contributed by atoms with Gasteiger partial charge >= 0.3 is 5.97 Å². The Morgan fingerprint density at radius 2 is 2.16 bits per heavy atom. The van der Waals surface area contributed by atoms with Crippen LogP contribution in [0.3, 0.4) is 0 Å². The van der Waals surface area contributed by atoms with Crippen LogP contribution in [0.1, 0.15) is 38.5 Å². The molecule has 8 heteroatoms. The molecule has 5 nitrogen and oxygen atoms in total. The fourth-order valence-electron chi connectivity index (χ4n) is 4.52. The highest BCUT2D eigenvalue weighted by Gasteiger charge is 2.44. The number of hydrogen-bond donors (Lipinski definition) is 2. The van der Waals surface area contributed by atoms with Crippen LogP contribution in [-0.2, 0) is 9.53 Å². The molecule has 0 aromatic heterocycles. The van der Waals surface area contributed by atoms with Crippen LogP contribution in [-0.4, -0.2) is 47.5 Å². The monoisotopic (exact) mass is 458 g/mol. The minimum atomic E-state index is -3.19. The summed E-state index contributed by atoms with van der Waals surface area (Å²) in [7, 11) is 0. The largest absolute Gasteiger partial charge is 0.487 e. The summed E-state index contributed by atoms with van der Waals surface area (Å²) in [5, 5.41) is 19.6. The molecule has 0 unspecified atom stereocenters. The maximum Gasteiger partial charge on any atom is 0.303 e. The predicted molar refractivity (Wildman–Crippen MR) is 113 cm³/mol. The van der Waals surface area contributed by atoms with Crippen LogP contribution in [0.25, 0.3) is 0 Å². The van der Waals surface area contributed by atoms with Crippen molar-refractivity contribution < 1.29 is 33.3 Å². The van der Waals surface area contributed by atoms with E-state index in [-0.39, 0.29) is 30.1 Å². The third kappa shape index (κ3) is 7.16. The lowest BCUT2D eigenvalue weighted by atomic mass is 9.86. The Balaban J connectivity index is 1.54. The highest BCUT2D eigenvalue weighted by Crippen LogP contribution is 2.42. The van der Waals surface area contributed by atoms with Gasteiger partial charge in [-0.25, -0.2) is 0 Å². The summed E-state index contributed by atoms with van der Waals surface area (Å²) in [4.78, 5) is 10.7. The van der Waals surface area contributed by atoms with Gasteiger partial charge in [0.25, 0.3) is 5.92 Å². The summed E-state index contributed by atoms with van der Waals surface area (Å²) >= 11 is 5.84. The second-order valence-electron chi connectivity index (χ2n) is 8.51. The number of halogens is 3. The molecule has 2 N–H and O–H groups in total. The van der Waals surface area contributed by atoms with Crippen molar-refractivity contribution in [2.75, 3.05) is 13.2 Å². The molecule has 0 bridgehead atoms. The van der Waals surface area contributed by atoms with Crippen molar-refractivity contribution in [1.82, 2.24) is 0 Å². The summed E-state index contributed by atoms with van der Waals surface area (Å²) in [6, 6.07) is 6.30. The van der Waals surface area contributed by atoms with E-state index in [0.717, 1.165) is 25.3 Å². The summed E-state index contributed by atoms with van der Waals surface area (Å²) in [5.74, 6) is -3.89. The van der Waals surface area contributed by atoms with Gasteiger partial charge in [-0.15, -0.1) is 0 Å². The maximum atomic E-state index is 14.4. The van der Waals surface area contributed by atoms with E-state index in [0.29, 0.717) is 24.5 Å². The maximum absolute atomic E-state index is 14.4. The number of rotatable bonds is 9. The molecule has 1 aliphatic carbocycles. The molecule has 1 saturated carbocycles. The van der Waals surface area contributed by atoms with Crippen LogP contribution >= 0.6 is 11.6 Å². The predicted octanol–water partition coefficient (Wildman–Crippen LogP) is 4.96. The molecule has 0 amide bonds. The average Bonchev–Trinajstić information content (AvgIpc) is 2.87. The third-order valence-corrected chi connectivity index (χ3v) is 6.37. The number of carboxylic acid groups (broad SMARTS) is 1. The van der Waals surface area contributed by atoms with Gasteiger partial charge in [-0.3, -0.25) is 4.79 Å². The minimum Gasteiger partial charge on any atom is -0.487 e. The smallest absolute Gasteiger partial charge is 0.303 e. The number of aliphatic carboxylic acids is 1. The number of ether oxygens (including phenoxy) is 2. The second-order valence-corrected chi connectivity index (χ2v) is 8.95. The molecule has 1 heterocycles. The number of aliphatic hydroxyl groups excluding tert-OH is 1. The van der Waals surface area contributed by atoms with Gasteiger partial charge in [0.1, 0.15) is 5.75 Å². The van der Waals surface area contributed by atoms with Gasteiger partial charge in [0.05, 0.1) is 12.2 Å². The first-order valence-electron chi connectivity index (χ1n) is 10.7. The van der Waals surface area contributed by atoms with E-state index < -0.39 is 30.5 Å². The first-order chi connectivity index (χ1) is 14.7. The van der Waals surface area contributed by atoms with E-state index >= 15 is 0 Å². The first kappa shape index (κ1) is 24.0. The van der Waals surface area contributed by atoms with E-state index in [1.54, 1.807) is 18.2 Å². The van der Waals surface area contributed by atoms with Gasteiger partial charge in [-0.1, -0.05) is 23.7 Å². The molecular formula is C23H29ClF2O5. The van der Waals surface area contributed by atoms with E-state index in [2.05, 4.69) is 0 Å². The number of benzene rings is 1. The van der Waals surface area contributed by atoms with Gasteiger partial charge in [-0.2, -0.15) is 8.78 Å². The lowest BCUT2D eigenvalue weighted by Gasteiger charge is -2.21.